The van der Waals surface area contributed by atoms with Crippen LogP contribution >= 0.6 is 0 Å². The van der Waals surface area contributed by atoms with Gasteiger partial charge in [0.2, 0.25) is 0 Å². The number of aliphatic hydroxyl groups is 1. The average molecular weight is 505 g/mol. The van der Waals surface area contributed by atoms with Crippen LogP contribution in [0.15, 0.2) is 66.2 Å². The zero-order valence-corrected chi connectivity index (χ0v) is 21.8. The molecule has 1 heterocycles. The second-order valence-electron chi connectivity index (χ2n) is 10.5. The number of anilines is 2. The third-order valence-corrected chi connectivity index (χ3v) is 6.71. The van der Waals surface area contributed by atoms with Crippen LogP contribution in [0, 0.1) is 18.6 Å². The van der Waals surface area contributed by atoms with Gasteiger partial charge in [0.25, 0.3) is 11.7 Å². The van der Waals surface area contributed by atoms with Gasteiger partial charge in [0.05, 0.1) is 11.6 Å². The molecule has 3 aromatic carbocycles. The second kappa shape index (κ2) is 9.47. The molecule has 0 bridgehead atoms. The quantitative estimate of drug-likeness (QED) is 0.259. The molecule has 1 atom stereocenters. The van der Waals surface area contributed by atoms with Gasteiger partial charge in [-0.15, -0.1) is 0 Å². The highest BCUT2D eigenvalue weighted by Crippen LogP contribution is 2.43. The van der Waals surface area contributed by atoms with Gasteiger partial charge in [0.15, 0.2) is 11.6 Å². The fourth-order valence-electron chi connectivity index (χ4n) is 4.49. The summed E-state index contributed by atoms with van der Waals surface area (Å²) in [5.41, 5.74) is 3.23. The number of aliphatic hydroxyl groups excluding tert-OH is 1. The lowest BCUT2D eigenvalue weighted by molar-refractivity contribution is -0.132. The Morgan fingerprint density at radius 1 is 0.919 bits per heavy atom. The SMILES string of the molecule is Cc1ccc(C(C)(C)C)cc1/C(O)=C1\C(=O)C(=O)N(c2ccc(F)c(F)c2)C1c1ccc(N(C)C)cc1. The number of Topliss-reactive ketones (excluding diaryl/α,β-unsaturated/α-hetero) is 1. The lowest BCUT2D eigenvalue weighted by Crippen LogP contribution is -2.29. The zero-order valence-electron chi connectivity index (χ0n) is 21.8. The van der Waals surface area contributed by atoms with Crippen LogP contribution in [0.25, 0.3) is 5.76 Å². The predicted octanol–water partition coefficient (Wildman–Crippen LogP) is 6.26. The summed E-state index contributed by atoms with van der Waals surface area (Å²) in [6, 6.07) is 14.8. The topological polar surface area (TPSA) is 60.9 Å². The first kappa shape index (κ1) is 26.1. The summed E-state index contributed by atoms with van der Waals surface area (Å²) in [6.45, 7) is 7.93. The van der Waals surface area contributed by atoms with Crippen molar-refractivity contribution in [1.82, 2.24) is 0 Å². The van der Waals surface area contributed by atoms with Gasteiger partial charge in [-0.25, -0.2) is 8.78 Å². The molecule has 1 unspecified atom stereocenters. The Morgan fingerprint density at radius 2 is 1.57 bits per heavy atom. The first-order chi connectivity index (χ1) is 17.3. The Labute approximate surface area is 215 Å². The van der Waals surface area contributed by atoms with Gasteiger partial charge in [-0.3, -0.25) is 14.5 Å². The summed E-state index contributed by atoms with van der Waals surface area (Å²) in [4.78, 5) is 29.8. The number of aryl methyl sites for hydroxylation is 1. The van der Waals surface area contributed by atoms with Gasteiger partial charge in [-0.05, 0) is 59.4 Å². The third kappa shape index (κ3) is 4.73. The number of nitrogens with zero attached hydrogens (tertiary/aromatic N) is 2. The highest BCUT2D eigenvalue weighted by molar-refractivity contribution is 6.51. The normalized spacial score (nSPS) is 17.4. The molecular weight excluding hydrogens is 474 g/mol. The Kier molecular flexibility index (Phi) is 6.67. The number of hydrogen-bond donors (Lipinski definition) is 1. The third-order valence-electron chi connectivity index (χ3n) is 6.71. The summed E-state index contributed by atoms with van der Waals surface area (Å²) in [5, 5.41) is 11.6. The number of carbonyl (C=O) groups is 2. The molecule has 37 heavy (non-hydrogen) atoms. The molecule has 0 saturated carbocycles. The van der Waals surface area contributed by atoms with E-state index in [4.69, 9.17) is 0 Å². The molecule has 0 aromatic heterocycles. The lowest BCUT2D eigenvalue weighted by atomic mass is 9.84. The zero-order chi connectivity index (χ0) is 27.2. The number of benzene rings is 3. The van der Waals surface area contributed by atoms with Crippen LogP contribution in [-0.4, -0.2) is 30.9 Å². The fourth-order valence-corrected chi connectivity index (χ4v) is 4.49. The molecule has 1 aliphatic heterocycles. The van der Waals surface area contributed by atoms with Crippen LogP contribution in [0.3, 0.4) is 0 Å². The van der Waals surface area contributed by atoms with Crippen molar-refractivity contribution in [2.24, 2.45) is 0 Å². The minimum Gasteiger partial charge on any atom is -0.507 e. The van der Waals surface area contributed by atoms with Crippen LogP contribution in [0.5, 0.6) is 0 Å². The summed E-state index contributed by atoms with van der Waals surface area (Å²) in [5.74, 6) is -4.35. The maximum Gasteiger partial charge on any atom is 0.300 e. The van der Waals surface area contributed by atoms with Gasteiger partial charge >= 0.3 is 0 Å². The van der Waals surface area contributed by atoms with Gasteiger partial charge in [-0.2, -0.15) is 0 Å². The molecule has 0 spiro atoms. The van der Waals surface area contributed by atoms with Crippen LogP contribution in [0.4, 0.5) is 20.2 Å². The van der Waals surface area contributed by atoms with Gasteiger partial charge in [-0.1, -0.05) is 45.0 Å². The van der Waals surface area contributed by atoms with Crippen molar-refractivity contribution in [1.29, 1.82) is 0 Å². The number of ketones is 1. The van der Waals surface area contributed by atoms with E-state index in [1.165, 1.54) is 6.07 Å². The first-order valence-electron chi connectivity index (χ1n) is 12.0. The molecule has 0 radical (unpaired) electrons. The highest BCUT2D eigenvalue weighted by Gasteiger charge is 2.47. The maximum atomic E-state index is 14.2. The molecule has 192 valence electrons. The predicted molar refractivity (Wildman–Crippen MR) is 142 cm³/mol. The maximum absolute atomic E-state index is 14.2. The van der Waals surface area contributed by atoms with Crippen molar-refractivity contribution in [2.75, 3.05) is 23.9 Å². The number of carbonyl (C=O) groups excluding carboxylic acids is 2. The first-order valence-corrected chi connectivity index (χ1v) is 12.0. The van der Waals surface area contributed by atoms with E-state index in [2.05, 4.69) is 0 Å². The second-order valence-corrected chi connectivity index (χ2v) is 10.5. The van der Waals surface area contributed by atoms with E-state index < -0.39 is 29.4 Å². The molecule has 1 fully saturated rings. The average Bonchev–Trinajstić information content (AvgIpc) is 3.10. The smallest absolute Gasteiger partial charge is 0.300 e. The summed E-state index contributed by atoms with van der Waals surface area (Å²) < 4.78 is 27.9. The summed E-state index contributed by atoms with van der Waals surface area (Å²) in [7, 11) is 3.76. The molecular formula is C30H30F2N2O3. The van der Waals surface area contributed by atoms with Crippen molar-refractivity contribution >= 4 is 28.8 Å². The van der Waals surface area contributed by atoms with E-state index in [9.17, 15) is 23.5 Å². The van der Waals surface area contributed by atoms with Crippen molar-refractivity contribution in [2.45, 2.75) is 39.2 Å². The largest absolute Gasteiger partial charge is 0.507 e. The molecule has 1 amide bonds. The molecule has 0 aliphatic carbocycles. The Balaban J connectivity index is 1.98. The minimum absolute atomic E-state index is 0.0156. The molecule has 1 saturated heterocycles. The van der Waals surface area contributed by atoms with Crippen LogP contribution < -0.4 is 9.80 Å². The van der Waals surface area contributed by atoms with Crippen molar-refractivity contribution in [3.63, 3.8) is 0 Å². The van der Waals surface area contributed by atoms with Gasteiger partial charge in [0.1, 0.15) is 5.76 Å². The monoisotopic (exact) mass is 504 g/mol. The Bertz CT molecular complexity index is 1420. The lowest BCUT2D eigenvalue weighted by Gasteiger charge is -2.26. The van der Waals surface area contributed by atoms with Crippen molar-refractivity contribution in [3.8, 4) is 0 Å². The van der Waals surface area contributed by atoms with Crippen molar-refractivity contribution < 1.29 is 23.5 Å². The summed E-state index contributed by atoms with van der Waals surface area (Å²) >= 11 is 0. The number of halogens is 2. The van der Waals surface area contributed by atoms with Crippen LogP contribution in [-0.2, 0) is 15.0 Å². The van der Waals surface area contributed by atoms with Gasteiger partial charge in [0, 0.05) is 37.1 Å². The molecule has 7 heteroatoms. The number of amides is 1. The van der Waals surface area contributed by atoms with E-state index in [1.807, 2.05) is 77.0 Å². The number of hydrogen-bond acceptors (Lipinski definition) is 4. The number of rotatable bonds is 4. The van der Waals surface area contributed by atoms with E-state index in [0.29, 0.717) is 11.1 Å². The van der Waals surface area contributed by atoms with E-state index in [0.717, 1.165) is 33.8 Å². The Morgan fingerprint density at radius 3 is 2.14 bits per heavy atom. The van der Waals surface area contributed by atoms with Gasteiger partial charge < -0.3 is 10.0 Å². The molecule has 1 aliphatic rings. The molecule has 4 rings (SSSR count). The molecule has 1 N–H and O–H groups in total. The molecule has 5 nitrogen and oxygen atoms in total. The minimum atomic E-state index is -1.14. The van der Waals surface area contributed by atoms with E-state index >= 15 is 0 Å². The van der Waals surface area contributed by atoms with Crippen molar-refractivity contribution in [3.05, 3.63) is 100 Å². The highest BCUT2D eigenvalue weighted by atomic mass is 19.2. The molecule has 3 aromatic rings. The Hall–Kier alpha value is -4.00. The van der Waals surface area contributed by atoms with Crippen LogP contribution in [0.1, 0.15) is 49.1 Å². The van der Waals surface area contributed by atoms with Crippen LogP contribution in [0.2, 0.25) is 0 Å². The standard InChI is InChI=1S/C30H30F2N2O3/c1-17-7-10-19(30(2,3)4)15-22(17)27(35)25-26(18-8-11-20(12-9-18)33(5)6)34(29(37)28(25)36)21-13-14-23(31)24(32)16-21/h7-16,26,35H,1-6H3/b27-25+. The summed E-state index contributed by atoms with van der Waals surface area (Å²) in [6.07, 6.45) is 0. The fraction of sp³-hybridized carbons (Fsp3) is 0.267. The van der Waals surface area contributed by atoms with E-state index in [-0.39, 0.29) is 22.4 Å². The van der Waals surface area contributed by atoms with E-state index in [1.54, 1.807) is 12.1 Å².